The molecule has 0 amide bonds. The van der Waals surface area contributed by atoms with Crippen LogP contribution in [0.1, 0.15) is 0 Å². The van der Waals surface area contributed by atoms with Crippen LogP contribution in [0.15, 0.2) is 11.9 Å². The Balaban J connectivity index is 2.42. The van der Waals surface area contributed by atoms with Gasteiger partial charge in [-0.25, -0.2) is 0 Å². The Labute approximate surface area is 41.7 Å². The summed E-state index contributed by atoms with van der Waals surface area (Å²) in [6, 6.07) is 0. The van der Waals surface area contributed by atoms with Crippen LogP contribution >= 0.6 is 0 Å². The molecular formula is C3H8N4. The van der Waals surface area contributed by atoms with Crippen molar-refractivity contribution in [3.05, 3.63) is 11.9 Å². The molecule has 1 heterocycles. The zero-order chi connectivity index (χ0) is 5.28. The number of hydrazine groups is 2. The normalized spacial score (nSPS) is 21.6. The zero-order valence-electron chi connectivity index (χ0n) is 3.89. The highest BCUT2D eigenvalue weighted by Crippen LogP contribution is 1.87. The minimum absolute atomic E-state index is 0.627. The van der Waals surface area contributed by atoms with Gasteiger partial charge in [0.05, 0.1) is 6.54 Å². The molecule has 0 aromatic carbocycles. The van der Waals surface area contributed by atoms with Gasteiger partial charge in [-0.15, -0.1) is 0 Å². The number of hydrogen-bond donors (Lipinski definition) is 3. The van der Waals surface area contributed by atoms with Gasteiger partial charge in [0.2, 0.25) is 0 Å². The minimum Gasteiger partial charge on any atom is -0.385 e. The topological polar surface area (TPSA) is 67.3 Å². The first-order valence-electron chi connectivity index (χ1n) is 2.03. The van der Waals surface area contributed by atoms with Crippen LogP contribution in [-0.4, -0.2) is 11.7 Å². The maximum atomic E-state index is 5.25. The number of nitrogens with two attached hydrogens (primary N) is 2. The lowest BCUT2D eigenvalue weighted by Gasteiger charge is -2.06. The standard InChI is InChI=1S/C3H8N4/c4-3-1-2-7(5)6-3/h1,6H,2,4-5H2. The largest absolute Gasteiger partial charge is 0.385 e. The Bertz CT molecular complexity index is 97.1. The Morgan fingerprint density at radius 2 is 2.57 bits per heavy atom. The van der Waals surface area contributed by atoms with Crippen LogP contribution in [0.25, 0.3) is 0 Å². The lowest BCUT2D eigenvalue weighted by atomic mass is 10.6. The number of rotatable bonds is 0. The summed E-state index contributed by atoms with van der Waals surface area (Å²) in [4.78, 5) is 0. The summed E-state index contributed by atoms with van der Waals surface area (Å²) in [5.74, 6) is 5.84. The van der Waals surface area contributed by atoms with E-state index in [-0.39, 0.29) is 0 Å². The molecule has 7 heavy (non-hydrogen) atoms. The summed E-state index contributed by atoms with van der Waals surface area (Å²) in [6.45, 7) is 0.686. The van der Waals surface area contributed by atoms with E-state index in [9.17, 15) is 0 Å². The van der Waals surface area contributed by atoms with Crippen LogP contribution in [0, 0.1) is 0 Å². The molecule has 0 aliphatic carbocycles. The van der Waals surface area contributed by atoms with Crippen LogP contribution in [0.3, 0.4) is 0 Å². The molecule has 0 aromatic heterocycles. The third kappa shape index (κ3) is 0.819. The smallest absolute Gasteiger partial charge is 0.109 e. The van der Waals surface area contributed by atoms with Gasteiger partial charge in [-0.2, -0.15) is 5.12 Å². The van der Waals surface area contributed by atoms with Crippen molar-refractivity contribution in [1.29, 1.82) is 0 Å². The average Bonchev–Trinajstić information content (AvgIpc) is 1.87. The molecule has 0 saturated carbocycles. The second-order valence-corrected chi connectivity index (χ2v) is 1.42. The van der Waals surface area contributed by atoms with E-state index in [1.165, 1.54) is 5.12 Å². The van der Waals surface area contributed by atoms with E-state index < -0.39 is 0 Å². The van der Waals surface area contributed by atoms with E-state index in [0.717, 1.165) is 0 Å². The zero-order valence-corrected chi connectivity index (χ0v) is 3.89. The highest BCUT2D eigenvalue weighted by molar-refractivity contribution is 4.98. The number of hydrogen-bond acceptors (Lipinski definition) is 4. The van der Waals surface area contributed by atoms with Gasteiger partial charge in [0.25, 0.3) is 0 Å². The third-order valence-corrected chi connectivity index (χ3v) is 0.781. The first kappa shape index (κ1) is 4.42. The van der Waals surface area contributed by atoms with Crippen LogP contribution in [0.5, 0.6) is 0 Å². The fourth-order valence-corrected chi connectivity index (χ4v) is 0.454. The Morgan fingerprint density at radius 3 is 2.71 bits per heavy atom. The number of nitrogens with one attached hydrogen (secondary N) is 1. The van der Waals surface area contributed by atoms with Gasteiger partial charge in [0.1, 0.15) is 5.82 Å². The molecule has 0 radical (unpaired) electrons. The molecule has 1 aliphatic rings. The molecule has 0 spiro atoms. The molecule has 0 fully saturated rings. The van der Waals surface area contributed by atoms with E-state index in [0.29, 0.717) is 12.4 Å². The van der Waals surface area contributed by atoms with Crippen molar-refractivity contribution < 1.29 is 0 Å². The van der Waals surface area contributed by atoms with Crippen LogP contribution in [-0.2, 0) is 0 Å². The highest BCUT2D eigenvalue weighted by atomic mass is 15.7. The average molecular weight is 100 g/mol. The monoisotopic (exact) mass is 100 g/mol. The van der Waals surface area contributed by atoms with Crippen molar-refractivity contribution in [2.45, 2.75) is 0 Å². The first-order chi connectivity index (χ1) is 3.29. The van der Waals surface area contributed by atoms with E-state index >= 15 is 0 Å². The lowest BCUT2D eigenvalue weighted by Crippen LogP contribution is -2.39. The second kappa shape index (κ2) is 1.40. The van der Waals surface area contributed by atoms with E-state index in [2.05, 4.69) is 5.43 Å². The summed E-state index contributed by atoms with van der Waals surface area (Å²) in [5, 5.41) is 1.41. The fraction of sp³-hybridized carbons (Fsp3) is 0.333. The predicted molar refractivity (Wildman–Crippen MR) is 26.3 cm³/mol. The van der Waals surface area contributed by atoms with Crippen LogP contribution in [0.2, 0.25) is 0 Å². The first-order valence-corrected chi connectivity index (χ1v) is 2.03. The second-order valence-electron chi connectivity index (χ2n) is 1.42. The van der Waals surface area contributed by atoms with E-state index in [1.807, 2.05) is 0 Å². The molecule has 5 N–H and O–H groups in total. The molecule has 0 bridgehead atoms. The van der Waals surface area contributed by atoms with Gasteiger partial charge in [-0.05, 0) is 6.08 Å². The maximum Gasteiger partial charge on any atom is 0.109 e. The minimum atomic E-state index is 0.627. The van der Waals surface area contributed by atoms with Gasteiger partial charge in [-0.1, -0.05) is 0 Å². The molecule has 0 aromatic rings. The van der Waals surface area contributed by atoms with E-state index in [1.54, 1.807) is 6.08 Å². The molecule has 0 saturated heterocycles. The van der Waals surface area contributed by atoms with Crippen molar-refractivity contribution in [1.82, 2.24) is 10.5 Å². The maximum absolute atomic E-state index is 5.25. The molecule has 4 heteroatoms. The molecule has 0 atom stereocenters. The van der Waals surface area contributed by atoms with Gasteiger partial charge < -0.3 is 5.73 Å². The fourth-order valence-electron chi connectivity index (χ4n) is 0.454. The molecule has 4 nitrogen and oxygen atoms in total. The van der Waals surface area contributed by atoms with Crippen molar-refractivity contribution in [3.8, 4) is 0 Å². The van der Waals surface area contributed by atoms with Crippen molar-refractivity contribution >= 4 is 0 Å². The van der Waals surface area contributed by atoms with Crippen molar-refractivity contribution in [2.75, 3.05) is 6.54 Å². The quantitative estimate of drug-likeness (QED) is 0.323. The number of nitrogens with zero attached hydrogens (tertiary/aromatic N) is 1. The molecular weight excluding hydrogens is 92.1 g/mol. The van der Waals surface area contributed by atoms with E-state index in [4.69, 9.17) is 11.6 Å². The lowest BCUT2D eigenvalue weighted by molar-refractivity contribution is 0.267. The SMILES string of the molecule is NC1=CCN(N)N1. The van der Waals surface area contributed by atoms with Crippen LogP contribution < -0.4 is 17.0 Å². The molecule has 40 valence electrons. The Morgan fingerprint density at radius 1 is 1.86 bits per heavy atom. The molecule has 0 unspecified atom stereocenters. The molecule has 1 rings (SSSR count). The van der Waals surface area contributed by atoms with Crippen LogP contribution in [0.4, 0.5) is 0 Å². The van der Waals surface area contributed by atoms with Crippen molar-refractivity contribution in [3.63, 3.8) is 0 Å². The summed E-state index contributed by atoms with van der Waals surface area (Å²) in [6.07, 6.45) is 1.81. The molecule has 1 aliphatic heterocycles. The summed E-state index contributed by atoms with van der Waals surface area (Å²) >= 11 is 0. The van der Waals surface area contributed by atoms with Crippen molar-refractivity contribution in [2.24, 2.45) is 11.6 Å². The summed E-state index contributed by atoms with van der Waals surface area (Å²) in [7, 11) is 0. The van der Waals surface area contributed by atoms with Gasteiger partial charge in [0.15, 0.2) is 0 Å². The highest BCUT2D eigenvalue weighted by Gasteiger charge is 2.02. The Hall–Kier alpha value is -0.740. The third-order valence-electron chi connectivity index (χ3n) is 0.781. The van der Waals surface area contributed by atoms with Gasteiger partial charge in [0, 0.05) is 0 Å². The van der Waals surface area contributed by atoms with Gasteiger partial charge >= 0.3 is 0 Å². The predicted octanol–water partition coefficient (Wildman–Crippen LogP) is -1.52. The summed E-state index contributed by atoms with van der Waals surface area (Å²) < 4.78 is 0. The van der Waals surface area contributed by atoms with Gasteiger partial charge in [-0.3, -0.25) is 11.3 Å². The Kier molecular flexibility index (Phi) is 0.883. The summed E-state index contributed by atoms with van der Waals surface area (Å²) in [5.41, 5.74) is 7.92.